The van der Waals surface area contributed by atoms with Crippen LogP contribution in [0.5, 0.6) is 11.5 Å². The topological polar surface area (TPSA) is 58.7 Å². The van der Waals surface area contributed by atoms with Gasteiger partial charge in [-0.3, -0.25) is 4.90 Å². The van der Waals surface area contributed by atoms with Gasteiger partial charge in [0.05, 0.1) is 39.5 Å². The molecule has 5 nitrogen and oxygen atoms in total. The van der Waals surface area contributed by atoms with Crippen LogP contribution in [0.4, 0.5) is 5.69 Å². The number of nitrogen functional groups attached to an aromatic ring is 1. The van der Waals surface area contributed by atoms with Crippen LogP contribution in [0.2, 0.25) is 0 Å². The lowest BCUT2D eigenvalue weighted by Gasteiger charge is -2.39. The number of anilines is 1. The molecule has 1 aliphatic heterocycles. The summed E-state index contributed by atoms with van der Waals surface area (Å²) in [6.07, 6.45) is 0.975. The molecule has 0 atom stereocenters. The number of likely N-dealkylation sites (N-methyl/N-ethyl adjacent to an activating group) is 1. The third-order valence-corrected chi connectivity index (χ3v) is 3.92. The maximum Gasteiger partial charge on any atom is 0.145 e. The molecule has 0 unspecified atom stereocenters. The third kappa shape index (κ3) is 4.28. The van der Waals surface area contributed by atoms with E-state index in [1.165, 1.54) is 13.1 Å². The highest BCUT2D eigenvalue weighted by atomic mass is 16.5. The number of aromatic hydroxyl groups is 1. The highest BCUT2D eigenvalue weighted by molar-refractivity contribution is 5.55. The summed E-state index contributed by atoms with van der Waals surface area (Å²) in [5.41, 5.74) is 6.37. The predicted molar refractivity (Wildman–Crippen MR) is 80.9 cm³/mol. The molecule has 112 valence electrons. The molecule has 3 N–H and O–H groups in total. The second kappa shape index (κ2) is 6.33. The van der Waals surface area contributed by atoms with Crippen LogP contribution < -0.4 is 10.5 Å². The molecular weight excluding hydrogens is 254 g/mol. The second-order valence-corrected chi connectivity index (χ2v) is 6.15. The number of ether oxygens (including phenoxy) is 1. The Labute approximate surface area is 121 Å². The molecule has 2 rings (SSSR count). The number of piperazine rings is 1. The summed E-state index contributed by atoms with van der Waals surface area (Å²) < 4.78 is 6.75. The first-order valence-corrected chi connectivity index (χ1v) is 7.22. The van der Waals surface area contributed by atoms with E-state index in [1.54, 1.807) is 18.2 Å². The van der Waals surface area contributed by atoms with Crippen LogP contribution in [-0.2, 0) is 0 Å². The summed E-state index contributed by atoms with van der Waals surface area (Å²) in [7, 11) is 4.57. The summed E-state index contributed by atoms with van der Waals surface area (Å²) >= 11 is 0. The van der Waals surface area contributed by atoms with Crippen LogP contribution in [0.25, 0.3) is 0 Å². The van der Waals surface area contributed by atoms with E-state index in [0.29, 0.717) is 18.0 Å². The maximum absolute atomic E-state index is 9.40. The summed E-state index contributed by atoms with van der Waals surface area (Å²) in [5.74, 6) is 0.756. The van der Waals surface area contributed by atoms with Gasteiger partial charge in [-0.1, -0.05) is 0 Å². The van der Waals surface area contributed by atoms with Gasteiger partial charge < -0.3 is 20.1 Å². The average molecular weight is 280 g/mol. The van der Waals surface area contributed by atoms with E-state index in [-0.39, 0.29) is 5.75 Å². The molecule has 1 fully saturated rings. The van der Waals surface area contributed by atoms with Crippen LogP contribution in [0.3, 0.4) is 0 Å². The van der Waals surface area contributed by atoms with Crippen molar-refractivity contribution in [1.82, 2.24) is 4.90 Å². The van der Waals surface area contributed by atoms with Gasteiger partial charge in [-0.05, 0) is 18.6 Å². The Bertz CT molecular complexity index is 439. The summed E-state index contributed by atoms with van der Waals surface area (Å²) in [6.45, 7) is 6.41. The van der Waals surface area contributed by atoms with Crippen LogP contribution in [0.15, 0.2) is 18.2 Å². The molecule has 0 aliphatic carbocycles. The Balaban J connectivity index is 1.68. The first-order chi connectivity index (χ1) is 9.46. The van der Waals surface area contributed by atoms with E-state index in [0.717, 1.165) is 30.5 Å². The van der Waals surface area contributed by atoms with Gasteiger partial charge in [-0.25, -0.2) is 0 Å². The van der Waals surface area contributed by atoms with Crippen molar-refractivity contribution in [2.75, 3.05) is 59.2 Å². The van der Waals surface area contributed by atoms with Crippen LogP contribution in [0, 0.1) is 0 Å². The fourth-order valence-electron chi connectivity index (χ4n) is 2.39. The fourth-order valence-corrected chi connectivity index (χ4v) is 2.39. The second-order valence-electron chi connectivity index (χ2n) is 6.15. The molecule has 0 aromatic heterocycles. The zero-order valence-corrected chi connectivity index (χ0v) is 12.5. The van der Waals surface area contributed by atoms with E-state index < -0.39 is 0 Å². The van der Waals surface area contributed by atoms with Crippen LogP contribution in [-0.4, -0.2) is 67.9 Å². The minimum Gasteiger partial charge on any atom is -0.508 e. The molecule has 0 bridgehead atoms. The van der Waals surface area contributed by atoms with Gasteiger partial charge in [-0.15, -0.1) is 0 Å². The molecular formula is C15H26N3O2+. The van der Waals surface area contributed by atoms with E-state index in [2.05, 4.69) is 19.0 Å². The molecule has 1 heterocycles. The number of hydrogen-bond acceptors (Lipinski definition) is 4. The first kappa shape index (κ1) is 14.9. The van der Waals surface area contributed by atoms with Crippen LogP contribution in [0.1, 0.15) is 6.42 Å². The van der Waals surface area contributed by atoms with Gasteiger partial charge >= 0.3 is 0 Å². The summed E-state index contributed by atoms with van der Waals surface area (Å²) in [4.78, 5) is 2.48. The molecule has 5 heteroatoms. The van der Waals surface area contributed by atoms with Gasteiger partial charge in [0.1, 0.15) is 11.5 Å². The maximum atomic E-state index is 9.40. The first-order valence-electron chi connectivity index (χ1n) is 7.22. The lowest BCUT2D eigenvalue weighted by molar-refractivity contribution is -0.894. The quantitative estimate of drug-likeness (QED) is 0.367. The Hall–Kier alpha value is -1.46. The minimum atomic E-state index is 0.185. The summed E-state index contributed by atoms with van der Waals surface area (Å²) in [5, 5.41) is 9.40. The Morgan fingerprint density at radius 2 is 2.00 bits per heavy atom. The smallest absolute Gasteiger partial charge is 0.145 e. The van der Waals surface area contributed by atoms with Gasteiger partial charge in [0.25, 0.3) is 0 Å². The van der Waals surface area contributed by atoms with Gasteiger partial charge in [0, 0.05) is 25.7 Å². The van der Waals surface area contributed by atoms with Crippen LogP contribution >= 0.6 is 0 Å². The van der Waals surface area contributed by atoms with E-state index in [4.69, 9.17) is 10.5 Å². The predicted octanol–water partition coefficient (Wildman–Crippen LogP) is 1.14. The normalized spacial score (nSPS) is 18.9. The van der Waals surface area contributed by atoms with Crippen molar-refractivity contribution in [1.29, 1.82) is 0 Å². The van der Waals surface area contributed by atoms with Crippen molar-refractivity contribution in [3.8, 4) is 11.5 Å². The van der Waals surface area contributed by atoms with E-state index in [9.17, 15) is 5.11 Å². The van der Waals surface area contributed by atoms with Gasteiger partial charge in [0.15, 0.2) is 0 Å². The molecule has 1 aromatic rings. The largest absolute Gasteiger partial charge is 0.508 e. The van der Waals surface area contributed by atoms with E-state index in [1.807, 2.05) is 0 Å². The van der Waals surface area contributed by atoms with Crippen molar-refractivity contribution >= 4 is 5.69 Å². The van der Waals surface area contributed by atoms with Gasteiger partial charge in [0.2, 0.25) is 0 Å². The number of hydrogen-bond donors (Lipinski definition) is 2. The number of benzene rings is 1. The molecule has 0 amide bonds. The zero-order valence-electron chi connectivity index (χ0n) is 12.5. The monoisotopic (exact) mass is 280 g/mol. The van der Waals surface area contributed by atoms with E-state index >= 15 is 0 Å². The Morgan fingerprint density at radius 3 is 2.70 bits per heavy atom. The third-order valence-electron chi connectivity index (χ3n) is 3.92. The molecule has 0 saturated carbocycles. The molecule has 0 spiro atoms. The molecule has 20 heavy (non-hydrogen) atoms. The molecule has 1 aliphatic rings. The summed E-state index contributed by atoms with van der Waals surface area (Å²) in [6, 6.07) is 4.79. The lowest BCUT2D eigenvalue weighted by atomic mass is 10.2. The van der Waals surface area contributed by atoms with Crippen molar-refractivity contribution < 1.29 is 14.3 Å². The van der Waals surface area contributed by atoms with Crippen molar-refractivity contribution in [3.05, 3.63) is 18.2 Å². The highest BCUT2D eigenvalue weighted by Gasteiger charge is 2.23. The number of quaternary nitrogens is 1. The number of phenolic OH excluding ortho intramolecular Hbond substituents is 1. The number of rotatable bonds is 5. The average Bonchev–Trinajstić information content (AvgIpc) is 2.40. The molecule has 1 aromatic carbocycles. The zero-order chi connectivity index (χ0) is 14.6. The SMILES string of the molecule is C[N+]1(C)CCN(CCCOc2cc(O)ccc2N)CC1. The minimum absolute atomic E-state index is 0.185. The Morgan fingerprint density at radius 1 is 1.30 bits per heavy atom. The van der Waals surface area contributed by atoms with Crippen molar-refractivity contribution in [3.63, 3.8) is 0 Å². The lowest BCUT2D eigenvalue weighted by Crippen LogP contribution is -2.54. The Kier molecular flexibility index (Phi) is 4.73. The number of nitrogens with two attached hydrogens (primary N) is 1. The fraction of sp³-hybridized carbons (Fsp3) is 0.600. The van der Waals surface area contributed by atoms with Gasteiger partial charge in [-0.2, -0.15) is 0 Å². The number of nitrogens with zero attached hydrogens (tertiary/aromatic N) is 2. The van der Waals surface area contributed by atoms with Crippen molar-refractivity contribution in [2.24, 2.45) is 0 Å². The molecule has 1 saturated heterocycles. The highest BCUT2D eigenvalue weighted by Crippen LogP contribution is 2.26. The number of phenols is 1. The van der Waals surface area contributed by atoms with Crippen molar-refractivity contribution in [2.45, 2.75) is 6.42 Å². The standard InChI is InChI=1S/C15H25N3O2/c1-18(2)9-7-17(8-10-18)6-3-11-20-15-12-13(19)4-5-14(15)16/h4-5,12H,3,6-11,16H2,1-2H3/p+1. The molecule has 0 radical (unpaired) electrons.